The molecule has 1 aliphatic carbocycles. The van der Waals surface area contributed by atoms with Gasteiger partial charge in [0.1, 0.15) is 24.4 Å². The highest BCUT2D eigenvalue weighted by atomic mass is 19.4. The van der Waals surface area contributed by atoms with Crippen LogP contribution in [0.3, 0.4) is 0 Å². The van der Waals surface area contributed by atoms with Crippen molar-refractivity contribution in [1.82, 2.24) is 0 Å². The molecule has 2 aliphatic heterocycles. The largest absolute Gasteiger partial charge is 0.454 e. The smallest absolute Gasteiger partial charge is 0.432 e. The maximum atomic E-state index is 14.2. The fourth-order valence-electron chi connectivity index (χ4n) is 4.83. The van der Waals surface area contributed by atoms with Gasteiger partial charge in [-0.3, -0.25) is 0 Å². The van der Waals surface area contributed by atoms with E-state index >= 15 is 0 Å². The number of rotatable bonds is 9. The third kappa shape index (κ3) is 4.01. The number of fused-ring (bicyclic) bond motifs is 1. The molecule has 0 aromatic heterocycles. The van der Waals surface area contributed by atoms with Crippen molar-refractivity contribution >= 4 is 11.9 Å². The van der Waals surface area contributed by atoms with Gasteiger partial charge in [-0.1, -0.05) is 56.5 Å². The zero-order valence-electron chi connectivity index (χ0n) is 18.8. The molecule has 1 saturated heterocycles. The highest BCUT2D eigenvalue weighted by Crippen LogP contribution is 2.49. The quantitative estimate of drug-likeness (QED) is 0.326. The Kier molecular flexibility index (Phi) is 6.76. The molecule has 6 atom stereocenters. The molecule has 186 valence electrons. The molecule has 2 heterocycles. The van der Waals surface area contributed by atoms with Crippen LogP contribution < -0.4 is 0 Å². The van der Waals surface area contributed by atoms with Crippen molar-refractivity contribution in [2.75, 3.05) is 7.11 Å². The Balaban J connectivity index is 1.65. The molecular weight excluding hydrogens is 457 g/mol. The lowest BCUT2D eigenvalue weighted by molar-refractivity contribution is -0.277. The van der Waals surface area contributed by atoms with Gasteiger partial charge in [-0.25, -0.2) is 9.59 Å². The lowest BCUT2D eigenvalue weighted by atomic mass is 9.84. The number of halogens is 3. The number of aliphatic hydroxyl groups excluding tert-OH is 1. The lowest BCUT2D eigenvalue weighted by Gasteiger charge is -2.34. The molecule has 34 heavy (non-hydrogen) atoms. The highest BCUT2D eigenvalue weighted by molar-refractivity contribution is 5.95. The number of carbonyl (C=O) groups is 2. The van der Waals surface area contributed by atoms with Gasteiger partial charge in [-0.2, -0.15) is 13.2 Å². The van der Waals surface area contributed by atoms with Gasteiger partial charge in [0.05, 0.1) is 5.57 Å². The zero-order chi connectivity index (χ0) is 24.7. The molecule has 1 N–H and O–H groups in total. The van der Waals surface area contributed by atoms with Crippen molar-refractivity contribution in [1.29, 1.82) is 0 Å². The van der Waals surface area contributed by atoms with Gasteiger partial charge < -0.3 is 24.1 Å². The monoisotopic (exact) mass is 484 g/mol. The first-order valence-electron chi connectivity index (χ1n) is 11.3. The number of alkyl halides is 3. The normalized spacial score (nSPS) is 29.7. The van der Waals surface area contributed by atoms with Crippen LogP contribution in [-0.2, 0) is 34.1 Å². The van der Waals surface area contributed by atoms with Gasteiger partial charge in [-0.05, 0) is 12.8 Å². The summed E-state index contributed by atoms with van der Waals surface area (Å²) >= 11 is 0. The number of hydrogen-bond donors (Lipinski definition) is 1. The first-order valence-corrected chi connectivity index (χ1v) is 11.3. The number of methoxy groups -OCH3 is 1. The van der Waals surface area contributed by atoms with E-state index in [1.165, 1.54) is 18.2 Å². The van der Waals surface area contributed by atoms with Gasteiger partial charge in [0, 0.05) is 18.2 Å². The molecule has 1 aromatic carbocycles. The molecule has 4 rings (SSSR count). The molecule has 0 bridgehead atoms. The van der Waals surface area contributed by atoms with E-state index in [4.69, 9.17) is 18.9 Å². The predicted molar refractivity (Wildman–Crippen MR) is 111 cm³/mol. The second-order valence-corrected chi connectivity index (χ2v) is 8.70. The minimum absolute atomic E-state index is 0.139. The first kappa shape index (κ1) is 24.7. The Labute approximate surface area is 194 Å². The van der Waals surface area contributed by atoms with E-state index in [9.17, 15) is 27.9 Å². The Morgan fingerprint density at radius 2 is 1.82 bits per heavy atom. The zero-order valence-corrected chi connectivity index (χ0v) is 18.8. The second-order valence-electron chi connectivity index (χ2n) is 8.70. The summed E-state index contributed by atoms with van der Waals surface area (Å²) < 4.78 is 63.7. The van der Waals surface area contributed by atoms with E-state index in [-0.39, 0.29) is 11.1 Å². The number of carbonyl (C=O) groups excluding carboxylic acids is 2. The number of benzene rings is 1. The van der Waals surface area contributed by atoms with Crippen LogP contribution in [0, 0.1) is 0 Å². The molecule has 10 heteroatoms. The molecule has 0 unspecified atom stereocenters. The predicted octanol–water partition coefficient (Wildman–Crippen LogP) is 3.34. The average molecular weight is 484 g/mol. The van der Waals surface area contributed by atoms with E-state index in [0.717, 1.165) is 44.9 Å². The molecule has 1 aromatic rings. The van der Waals surface area contributed by atoms with Gasteiger partial charge in [0.25, 0.3) is 5.60 Å². The van der Waals surface area contributed by atoms with Crippen molar-refractivity contribution in [3.8, 4) is 0 Å². The summed E-state index contributed by atoms with van der Waals surface area (Å²) in [5.74, 6) is -2.55. The second kappa shape index (κ2) is 9.31. The minimum Gasteiger partial charge on any atom is -0.454 e. The van der Waals surface area contributed by atoms with E-state index in [2.05, 4.69) is 6.92 Å². The van der Waals surface area contributed by atoms with Crippen LogP contribution in [0.2, 0.25) is 0 Å². The van der Waals surface area contributed by atoms with Crippen molar-refractivity contribution < 1.29 is 46.8 Å². The van der Waals surface area contributed by atoms with Crippen LogP contribution in [0.15, 0.2) is 41.5 Å². The average Bonchev–Trinajstić information content (AvgIpc) is 3.53. The number of ether oxygens (including phenoxy) is 4. The number of unbranched alkanes of at least 4 members (excludes halogenated alkanes) is 3. The Morgan fingerprint density at radius 1 is 1.12 bits per heavy atom. The van der Waals surface area contributed by atoms with Gasteiger partial charge >= 0.3 is 18.1 Å². The SMILES string of the molecule is CCCCCC[C@H]1OC(=O)C2=C1[C@@H](O)[C@@H]1O[C@@H]1[C@@H]2OC(=O)[C@](OC)(c1ccccc1)C(F)(F)F. The molecular formula is C24H27F3O7. The van der Waals surface area contributed by atoms with E-state index in [1.807, 2.05) is 0 Å². The molecule has 0 amide bonds. The number of cyclic esters (lactones) is 1. The van der Waals surface area contributed by atoms with Crippen LogP contribution in [-0.4, -0.2) is 60.9 Å². The molecule has 3 aliphatic rings. The maximum Gasteiger partial charge on any atom is 0.432 e. The summed E-state index contributed by atoms with van der Waals surface area (Å²) in [6.45, 7) is 2.06. The minimum atomic E-state index is -5.16. The Morgan fingerprint density at radius 3 is 2.44 bits per heavy atom. The molecule has 0 saturated carbocycles. The van der Waals surface area contributed by atoms with Crippen LogP contribution in [0.5, 0.6) is 0 Å². The topological polar surface area (TPSA) is 94.6 Å². The summed E-state index contributed by atoms with van der Waals surface area (Å²) in [6, 6.07) is 6.41. The van der Waals surface area contributed by atoms with Crippen molar-refractivity contribution in [2.45, 2.75) is 81.3 Å². The van der Waals surface area contributed by atoms with Gasteiger partial charge in [-0.15, -0.1) is 0 Å². The van der Waals surface area contributed by atoms with Crippen LogP contribution in [0.1, 0.15) is 44.6 Å². The number of epoxide rings is 1. The lowest BCUT2D eigenvalue weighted by Crippen LogP contribution is -2.53. The standard InChI is InChI=1S/C24H27F3O7/c1-3-4-5-9-12-14-15-16(21(29)32-14)18(20-19(33-20)17(15)28)34-22(30)23(31-2,24(25,26)27)13-10-7-6-8-11-13/h6-8,10-11,14,17-20,28H,3-5,9,12H2,1-2H3/t14-,17-,18-,19+,20-,23-/m1/s1. The Bertz CT molecular complexity index is 961. The third-order valence-corrected chi connectivity index (χ3v) is 6.63. The first-order chi connectivity index (χ1) is 16.2. The third-order valence-electron chi connectivity index (χ3n) is 6.63. The highest BCUT2D eigenvalue weighted by Gasteiger charge is 2.67. The maximum absolute atomic E-state index is 14.2. The molecule has 0 spiro atoms. The van der Waals surface area contributed by atoms with Crippen LogP contribution >= 0.6 is 0 Å². The summed E-state index contributed by atoms with van der Waals surface area (Å²) in [6.07, 6.45) is -6.10. The molecule has 0 radical (unpaired) electrons. The summed E-state index contributed by atoms with van der Waals surface area (Å²) in [5.41, 5.74) is -3.78. The Hall–Kier alpha value is -2.43. The van der Waals surface area contributed by atoms with Crippen molar-refractivity contribution in [3.63, 3.8) is 0 Å². The number of esters is 2. The number of aliphatic hydroxyl groups is 1. The van der Waals surface area contributed by atoms with Gasteiger partial charge in [0.2, 0.25) is 0 Å². The van der Waals surface area contributed by atoms with Crippen LogP contribution in [0.4, 0.5) is 13.2 Å². The van der Waals surface area contributed by atoms with Crippen LogP contribution in [0.25, 0.3) is 0 Å². The van der Waals surface area contributed by atoms with Crippen molar-refractivity contribution in [2.24, 2.45) is 0 Å². The number of hydrogen-bond acceptors (Lipinski definition) is 7. The van der Waals surface area contributed by atoms with E-state index < -0.39 is 59.8 Å². The van der Waals surface area contributed by atoms with E-state index in [0.29, 0.717) is 6.42 Å². The fraction of sp³-hybridized carbons (Fsp3) is 0.583. The summed E-state index contributed by atoms with van der Waals surface area (Å²) in [4.78, 5) is 25.8. The van der Waals surface area contributed by atoms with Crippen molar-refractivity contribution in [3.05, 3.63) is 47.0 Å². The molecule has 7 nitrogen and oxygen atoms in total. The molecule has 1 fully saturated rings. The van der Waals surface area contributed by atoms with Gasteiger partial charge in [0.15, 0.2) is 6.10 Å². The summed E-state index contributed by atoms with van der Waals surface area (Å²) in [5, 5.41) is 10.7. The fourth-order valence-corrected chi connectivity index (χ4v) is 4.83. The van der Waals surface area contributed by atoms with E-state index in [1.54, 1.807) is 0 Å². The summed E-state index contributed by atoms with van der Waals surface area (Å²) in [7, 11) is 0.768.